The molecule has 0 aliphatic heterocycles. The topological polar surface area (TPSA) is 184 Å². The Labute approximate surface area is 304 Å². The number of nitrogens with two attached hydrogens (primary N) is 1. The smallest absolute Gasteiger partial charge is 0.490 e. The van der Waals surface area contributed by atoms with Crippen LogP contribution in [0.25, 0.3) is 11.3 Å². The highest BCUT2D eigenvalue weighted by Gasteiger charge is 2.39. The first-order chi connectivity index (χ1) is 25.0. The van der Waals surface area contributed by atoms with Crippen molar-refractivity contribution < 1.29 is 64.7 Å². The van der Waals surface area contributed by atoms with Gasteiger partial charge in [-0.25, -0.2) is 19.0 Å². The number of H-pyrrole nitrogens is 1. The van der Waals surface area contributed by atoms with Crippen molar-refractivity contribution in [2.45, 2.75) is 65.7 Å². The Kier molecular flexibility index (Phi) is 15.7. The van der Waals surface area contributed by atoms with E-state index in [4.69, 9.17) is 45.2 Å². The Balaban J connectivity index is 0.000000610. The molecule has 4 aromatic rings. The van der Waals surface area contributed by atoms with Crippen molar-refractivity contribution in [1.29, 1.82) is 5.41 Å². The number of amidine groups is 1. The second kappa shape index (κ2) is 19.2. The number of hydrogen-bond acceptors (Lipinski definition) is 8. The summed E-state index contributed by atoms with van der Waals surface area (Å²) in [5, 5.41) is 22.0. The fourth-order valence-corrected chi connectivity index (χ4v) is 4.26. The zero-order chi connectivity index (χ0) is 41.0. The number of aliphatic carboxylic acids is 2. The van der Waals surface area contributed by atoms with E-state index in [0.29, 0.717) is 29.4 Å². The summed E-state index contributed by atoms with van der Waals surface area (Å²) in [5.74, 6) is -4.14. The van der Waals surface area contributed by atoms with Gasteiger partial charge in [-0.2, -0.15) is 26.3 Å². The van der Waals surface area contributed by atoms with Crippen molar-refractivity contribution in [1.82, 2.24) is 9.97 Å². The van der Waals surface area contributed by atoms with Gasteiger partial charge in [0.05, 0.1) is 42.9 Å². The molecule has 294 valence electrons. The van der Waals surface area contributed by atoms with E-state index < -0.39 is 30.1 Å². The fraction of sp³-hybridized carbons (Fsp3) is 0.314. The van der Waals surface area contributed by atoms with E-state index in [9.17, 15) is 26.3 Å². The molecule has 4 rings (SSSR count). The number of para-hydroxylation sites is 1. The van der Waals surface area contributed by atoms with Crippen LogP contribution in [0.3, 0.4) is 0 Å². The van der Waals surface area contributed by atoms with Crippen molar-refractivity contribution in [3.8, 4) is 28.5 Å². The van der Waals surface area contributed by atoms with Gasteiger partial charge in [0.15, 0.2) is 11.6 Å². The lowest BCUT2D eigenvalue weighted by molar-refractivity contribution is -0.193. The van der Waals surface area contributed by atoms with Crippen LogP contribution in [0, 0.1) is 11.2 Å². The number of imidazole rings is 1. The maximum atomic E-state index is 16.0. The van der Waals surface area contributed by atoms with Crippen LogP contribution >= 0.6 is 0 Å². The number of halogens is 7. The highest BCUT2D eigenvalue weighted by molar-refractivity contribution is 5.95. The number of aromatic nitrogens is 2. The molecule has 0 unspecified atom stereocenters. The summed E-state index contributed by atoms with van der Waals surface area (Å²) in [6.45, 7) is 10.1. The van der Waals surface area contributed by atoms with E-state index in [0.717, 1.165) is 17.0 Å². The standard InChI is InChI=1S/C31H36FN5O3.2C2HF3O2/c1-6-38-23-15-26(30(32)28(16-23)40-20(4)5)37(22-13-11-21(12-14-22)31(33)34)18-29-35-17-25(36-29)24-9-7-8-10-27(24)39-19(2)3;2*3-2(4,5)1(6)7/h7-17,19-20H,6,18H2,1-5H3,(H3,33,34)(H,35,36);2*(H,6,7). The summed E-state index contributed by atoms with van der Waals surface area (Å²) in [6.07, 6.45) is -8.64. The summed E-state index contributed by atoms with van der Waals surface area (Å²) in [4.78, 5) is 27.6. The minimum atomic E-state index is -5.08. The summed E-state index contributed by atoms with van der Waals surface area (Å²) < 4.78 is 97.0. The number of hydrogen-bond donors (Lipinski definition) is 5. The summed E-state index contributed by atoms with van der Waals surface area (Å²) in [5.41, 5.74) is 8.84. The second-order valence-corrected chi connectivity index (χ2v) is 11.4. The van der Waals surface area contributed by atoms with Gasteiger partial charge in [0.1, 0.15) is 23.2 Å². The van der Waals surface area contributed by atoms with Crippen LogP contribution in [-0.2, 0) is 16.1 Å². The molecule has 3 aromatic carbocycles. The highest BCUT2D eigenvalue weighted by Crippen LogP contribution is 2.39. The molecule has 1 heterocycles. The number of nitrogens with one attached hydrogen (secondary N) is 2. The largest absolute Gasteiger partial charge is 0.494 e. The Morgan fingerprint density at radius 2 is 1.41 bits per heavy atom. The van der Waals surface area contributed by atoms with E-state index in [-0.39, 0.29) is 36.0 Å². The van der Waals surface area contributed by atoms with Gasteiger partial charge in [0, 0.05) is 28.9 Å². The molecule has 54 heavy (non-hydrogen) atoms. The number of anilines is 2. The quantitative estimate of drug-likeness (QED) is 0.0536. The third-order valence-corrected chi connectivity index (χ3v) is 6.41. The number of nitrogens with zero attached hydrogens (tertiary/aromatic N) is 2. The monoisotopic (exact) mass is 773 g/mol. The minimum absolute atomic E-state index is 0.0138. The predicted octanol–water partition coefficient (Wildman–Crippen LogP) is 8.08. The second-order valence-electron chi connectivity index (χ2n) is 11.4. The number of carbonyl (C=O) groups is 2. The molecule has 0 saturated heterocycles. The molecule has 0 fully saturated rings. The molecule has 0 radical (unpaired) electrons. The van der Waals surface area contributed by atoms with Crippen molar-refractivity contribution >= 4 is 29.1 Å². The molecule has 0 bridgehead atoms. The van der Waals surface area contributed by atoms with E-state index in [1.807, 2.05) is 58.9 Å². The van der Waals surface area contributed by atoms with Crippen LogP contribution in [0.1, 0.15) is 46.0 Å². The predicted molar refractivity (Wildman–Crippen MR) is 184 cm³/mol. The molecule has 19 heteroatoms. The van der Waals surface area contributed by atoms with Gasteiger partial charge in [0.25, 0.3) is 0 Å². The highest BCUT2D eigenvalue weighted by atomic mass is 19.4. The lowest BCUT2D eigenvalue weighted by atomic mass is 10.1. The summed E-state index contributed by atoms with van der Waals surface area (Å²) in [7, 11) is 0. The van der Waals surface area contributed by atoms with Crippen LogP contribution in [0.15, 0.2) is 66.9 Å². The zero-order valence-corrected chi connectivity index (χ0v) is 29.5. The van der Waals surface area contributed by atoms with Crippen molar-refractivity contribution in [2.75, 3.05) is 11.5 Å². The average Bonchev–Trinajstić information content (AvgIpc) is 3.53. The third kappa shape index (κ3) is 13.5. The van der Waals surface area contributed by atoms with E-state index in [1.165, 1.54) is 0 Å². The van der Waals surface area contributed by atoms with E-state index in [2.05, 4.69) is 9.97 Å². The Bertz CT molecular complexity index is 1840. The molecule has 0 saturated carbocycles. The van der Waals surface area contributed by atoms with E-state index >= 15 is 4.39 Å². The molecule has 0 atom stereocenters. The molecule has 0 aliphatic rings. The lowest BCUT2D eigenvalue weighted by Crippen LogP contribution is -2.21. The number of carboxylic acid groups (broad SMARTS) is 2. The molecular weight excluding hydrogens is 735 g/mol. The van der Waals surface area contributed by atoms with Gasteiger partial charge in [-0.1, -0.05) is 12.1 Å². The van der Waals surface area contributed by atoms with Crippen molar-refractivity contribution in [3.63, 3.8) is 0 Å². The van der Waals surface area contributed by atoms with Gasteiger partial charge >= 0.3 is 24.3 Å². The fourth-order valence-electron chi connectivity index (χ4n) is 4.26. The average molecular weight is 774 g/mol. The Hall–Kier alpha value is -6.01. The molecule has 0 aliphatic carbocycles. The number of alkyl halides is 6. The summed E-state index contributed by atoms with van der Waals surface area (Å²) in [6, 6.07) is 18.0. The van der Waals surface area contributed by atoms with Gasteiger partial charge < -0.3 is 40.0 Å². The minimum Gasteiger partial charge on any atom is -0.494 e. The number of aromatic amines is 1. The first-order valence-electron chi connectivity index (χ1n) is 15.8. The van der Waals surface area contributed by atoms with Gasteiger partial charge in [-0.3, -0.25) is 5.41 Å². The SMILES string of the molecule is CCOc1cc(OC(C)C)c(F)c(N(Cc2ncc(-c3ccccc3OC(C)C)[nH]2)c2ccc(C(=N)N)cc2)c1.O=C(O)C(F)(F)F.O=C(O)C(F)(F)F. The lowest BCUT2D eigenvalue weighted by Gasteiger charge is -2.26. The van der Waals surface area contributed by atoms with Gasteiger partial charge in [-0.15, -0.1) is 0 Å². The molecular formula is C35H38F7N5O7. The number of benzene rings is 3. The zero-order valence-electron chi connectivity index (χ0n) is 29.5. The van der Waals surface area contributed by atoms with Crippen LogP contribution in [0.2, 0.25) is 0 Å². The van der Waals surface area contributed by atoms with Crippen LogP contribution in [0.4, 0.5) is 42.1 Å². The first-order valence-corrected chi connectivity index (χ1v) is 15.8. The molecule has 6 N–H and O–H groups in total. The van der Waals surface area contributed by atoms with Crippen molar-refractivity contribution in [2.24, 2.45) is 5.73 Å². The van der Waals surface area contributed by atoms with Crippen LogP contribution in [-0.4, -0.2) is 69.1 Å². The first kappa shape index (κ1) is 44.2. The molecule has 1 aromatic heterocycles. The molecule has 12 nitrogen and oxygen atoms in total. The van der Waals surface area contributed by atoms with Crippen LogP contribution in [0.5, 0.6) is 17.2 Å². The normalized spacial score (nSPS) is 11.1. The van der Waals surface area contributed by atoms with Crippen LogP contribution < -0.4 is 24.8 Å². The molecule has 0 amide bonds. The van der Waals surface area contributed by atoms with Gasteiger partial charge in [0.2, 0.25) is 0 Å². The Morgan fingerprint density at radius 1 is 0.889 bits per heavy atom. The van der Waals surface area contributed by atoms with E-state index in [1.54, 1.807) is 47.5 Å². The summed E-state index contributed by atoms with van der Waals surface area (Å²) >= 11 is 0. The number of ether oxygens (including phenoxy) is 3. The number of rotatable bonds is 12. The number of carboxylic acids is 2. The number of nitrogen functional groups attached to an aromatic ring is 1. The Morgan fingerprint density at radius 3 is 1.89 bits per heavy atom. The molecule has 0 spiro atoms. The third-order valence-electron chi connectivity index (χ3n) is 6.41. The van der Waals surface area contributed by atoms with Gasteiger partial charge in [-0.05, 0) is 71.0 Å². The van der Waals surface area contributed by atoms with Crippen molar-refractivity contribution in [3.05, 3.63) is 84.1 Å². The maximum absolute atomic E-state index is 16.0. The maximum Gasteiger partial charge on any atom is 0.490 e.